The molecule has 1 saturated heterocycles. The zero-order chi connectivity index (χ0) is 11.4. The summed E-state index contributed by atoms with van der Waals surface area (Å²) in [7, 11) is 0. The first kappa shape index (κ1) is 11.4. The van der Waals surface area contributed by atoms with Crippen molar-refractivity contribution in [2.45, 2.75) is 19.4 Å². The standard InChI is InChI=1S/C12H18N2O2/c1-10(15)8-11-2-3-12(13-9-11)14-4-6-16-7-5-14/h2-3,9-10,15H,4-8H2,1H3/t10-/m1/s1. The first-order valence-electron chi connectivity index (χ1n) is 5.71. The largest absolute Gasteiger partial charge is 0.393 e. The van der Waals surface area contributed by atoms with Crippen LogP contribution in [0.4, 0.5) is 5.82 Å². The van der Waals surface area contributed by atoms with Gasteiger partial charge < -0.3 is 14.7 Å². The van der Waals surface area contributed by atoms with Crippen LogP contribution in [0.25, 0.3) is 0 Å². The third-order valence-electron chi connectivity index (χ3n) is 2.68. The molecule has 1 atom stereocenters. The third kappa shape index (κ3) is 2.93. The fraction of sp³-hybridized carbons (Fsp3) is 0.583. The van der Waals surface area contributed by atoms with Crippen LogP contribution in [0.5, 0.6) is 0 Å². The minimum absolute atomic E-state index is 0.309. The lowest BCUT2D eigenvalue weighted by Crippen LogP contribution is -2.36. The van der Waals surface area contributed by atoms with Gasteiger partial charge in [-0.25, -0.2) is 4.98 Å². The second-order valence-corrected chi connectivity index (χ2v) is 4.18. The molecule has 2 heterocycles. The molecule has 4 nitrogen and oxygen atoms in total. The van der Waals surface area contributed by atoms with E-state index in [9.17, 15) is 5.11 Å². The molecular weight excluding hydrogens is 204 g/mol. The Bertz CT molecular complexity index is 318. The highest BCUT2D eigenvalue weighted by atomic mass is 16.5. The van der Waals surface area contributed by atoms with Gasteiger partial charge in [0, 0.05) is 19.3 Å². The van der Waals surface area contributed by atoms with Crippen LogP contribution in [0, 0.1) is 0 Å². The molecule has 0 saturated carbocycles. The first-order chi connectivity index (χ1) is 7.75. The predicted molar refractivity (Wildman–Crippen MR) is 62.7 cm³/mol. The summed E-state index contributed by atoms with van der Waals surface area (Å²) in [6, 6.07) is 4.05. The number of nitrogens with zero attached hydrogens (tertiary/aromatic N) is 2. The summed E-state index contributed by atoms with van der Waals surface area (Å²) in [4.78, 5) is 6.63. The van der Waals surface area contributed by atoms with Crippen molar-refractivity contribution in [2.75, 3.05) is 31.2 Å². The number of morpholine rings is 1. The molecule has 1 aliphatic heterocycles. The number of anilines is 1. The average Bonchev–Trinajstić information content (AvgIpc) is 2.30. The van der Waals surface area contributed by atoms with Gasteiger partial charge in [-0.05, 0) is 25.0 Å². The van der Waals surface area contributed by atoms with Crippen molar-refractivity contribution in [3.05, 3.63) is 23.9 Å². The minimum Gasteiger partial charge on any atom is -0.393 e. The number of aromatic nitrogens is 1. The Morgan fingerprint density at radius 3 is 2.75 bits per heavy atom. The van der Waals surface area contributed by atoms with Gasteiger partial charge in [0.1, 0.15) is 5.82 Å². The quantitative estimate of drug-likeness (QED) is 0.823. The van der Waals surface area contributed by atoms with E-state index < -0.39 is 0 Å². The smallest absolute Gasteiger partial charge is 0.128 e. The molecule has 0 spiro atoms. The van der Waals surface area contributed by atoms with Crippen LogP contribution in [-0.4, -0.2) is 42.5 Å². The summed E-state index contributed by atoms with van der Waals surface area (Å²) in [5.41, 5.74) is 1.08. The van der Waals surface area contributed by atoms with Crippen LogP contribution in [0.15, 0.2) is 18.3 Å². The van der Waals surface area contributed by atoms with Gasteiger partial charge in [-0.1, -0.05) is 6.07 Å². The minimum atomic E-state index is -0.309. The van der Waals surface area contributed by atoms with Crippen molar-refractivity contribution >= 4 is 5.82 Å². The van der Waals surface area contributed by atoms with E-state index in [0.29, 0.717) is 6.42 Å². The Labute approximate surface area is 95.9 Å². The Morgan fingerprint density at radius 1 is 1.44 bits per heavy atom. The highest BCUT2D eigenvalue weighted by Crippen LogP contribution is 2.13. The molecule has 1 fully saturated rings. The van der Waals surface area contributed by atoms with Crippen molar-refractivity contribution in [1.29, 1.82) is 0 Å². The molecule has 0 aromatic carbocycles. The van der Waals surface area contributed by atoms with Gasteiger partial charge in [-0.2, -0.15) is 0 Å². The molecule has 1 aromatic rings. The highest BCUT2D eigenvalue weighted by Gasteiger charge is 2.11. The second kappa shape index (κ2) is 5.27. The summed E-state index contributed by atoms with van der Waals surface area (Å²) < 4.78 is 5.30. The van der Waals surface area contributed by atoms with Crippen molar-refractivity contribution < 1.29 is 9.84 Å². The molecule has 0 unspecified atom stereocenters. The number of hydrogen-bond donors (Lipinski definition) is 1. The normalized spacial score (nSPS) is 18.5. The van der Waals surface area contributed by atoms with Crippen LogP contribution in [0.3, 0.4) is 0 Å². The molecule has 0 amide bonds. The monoisotopic (exact) mass is 222 g/mol. The van der Waals surface area contributed by atoms with E-state index in [2.05, 4.69) is 9.88 Å². The van der Waals surface area contributed by atoms with E-state index >= 15 is 0 Å². The molecule has 0 bridgehead atoms. The SMILES string of the molecule is C[C@@H](O)Cc1ccc(N2CCOCC2)nc1. The van der Waals surface area contributed by atoms with E-state index in [-0.39, 0.29) is 6.10 Å². The number of ether oxygens (including phenoxy) is 1. The third-order valence-corrected chi connectivity index (χ3v) is 2.68. The summed E-state index contributed by atoms with van der Waals surface area (Å²) >= 11 is 0. The van der Waals surface area contributed by atoms with E-state index in [1.807, 2.05) is 18.3 Å². The van der Waals surface area contributed by atoms with E-state index in [4.69, 9.17) is 4.74 Å². The summed E-state index contributed by atoms with van der Waals surface area (Å²) in [6.45, 7) is 5.15. The maximum Gasteiger partial charge on any atom is 0.128 e. The maximum atomic E-state index is 9.27. The lowest BCUT2D eigenvalue weighted by atomic mass is 10.1. The first-order valence-corrected chi connectivity index (χ1v) is 5.71. The van der Waals surface area contributed by atoms with Crippen LogP contribution in [0.1, 0.15) is 12.5 Å². The lowest BCUT2D eigenvalue weighted by Gasteiger charge is -2.27. The number of rotatable bonds is 3. The zero-order valence-corrected chi connectivity index (χ0v) is 9.59. The summed E-state index contributed by atoms with van der Waals surface area (Å²) in [5, 5.41) is 9.27. The van der Waals surface area contributed by atoms with Crippen LogP contribution < -0.4 is 4.90 Å². The Morgan fingerprint density at radius 2 is 2.19 bits per heavy atom. The highest BCUT2D eigenvalue weighted by molar-refractivity contribution is 5.39. The van der Waals surface area contributed by atoms with Crippen molar-refractivity contribution in [1.82, 2.24) is 4.98 Å². The van der Waals surface area contributed by atoms with Crippen LogP contribution in [0.2, 0.25) is 0 Å². The molecule has 1 aliphatic rings. The van der Waals surface area contributed by atoms with Gasteiger partial charge in [-0.3, -0.25) is 0 Å². The molecule has 88 valence electrons. The molecule has 1 N–H and O–H groups in total. The molecule has 1 aromatic heterocycles. The molecular formula is C12H18N2O2. The van der Waals surface area contributed by atoms with E-state index in [1.54, 1.807) is 6.92 Å². The van der Waals surface area contributed by atoms with E-state index in [1.165, 1.54) is 0 Å². The van der Waals surface area contributed by atoms with Gasteiger partial charge in [0.05, 0.1) is 19.3 Å². The molecule has 16 heavy (non-hydrogen) atoms. The van der Waals surface area contributed by atoms with Crippen molar-refractivity contribution in [3.8, 4) is 0 Å². The fourth-order valence-electron chi connectivity index (χ4n) is 1.86. The van der Waals surface area contributed by atoms with Gasteiger partial charge in [0.2, 0.25) is 0 Å². The average molecular weight is 222 g/mol. The Kier molecular flexibility index (Phi) is 3.74. The van der Waals surface area contributed by atoms with Gasteiger partial charge >= 0.3 is 0 Å². The van der Waals surface area contributed by atoms with Crippen molar-refractivity contribution in [2.24, 2.45) is 0 Å². The molecule has 2 rings (SSSR count). The topological polar surface area (TPSA) is 45.6 Å². The lowest BCUT2D eigenvalue weighted by molar-refractivity contribution is 0.122. The zero-order valence-electron chi connectivity index (χ0n) is 9.59. The molecule has 4 heteroatoms. The number of aliphatic hydroxyl groups is 1. The van der Waals surface area contributed by atoms with Crippen LogP contribution >= 0.6 is 0 Å². The molecule has 0 aliphatic carbocycles. The van der Waals surface area contributed by atoms with Crippen LogP contribution in [-0.2, 0) is 11.2 Å². The fourth-order valence-corrected chi connectivity index (χ4v) is 1.86. The van der Waals surface area contributed by atoms with E-state index in [0.717, 1.165) is 37.7 Å². The summed E-state index contributed by atoms with van der Waals surface area (Å²) in [5.74, 6) is 0.998. The number of pyridine rings is 1. The predicted octanol–water partition coefficient (Wildman–Crippen LogP) is 0.842. The summed E-state index contributed by atoms with van der Waals surface area (Å²) in [6.07, 6.45) is 2.20. The number of hydrogen-bond acceptors (Lipinski definition) is 4. The van der Waals surface area contributed by atoms with Crippen molar-refractivity contribution in [3.63, 3.8) is 0 Å². The van der Waals surface area contributed by atoms with Gasteiger partial charge in [-0.15, -0.1) is 0 Å². The number of aliphatic hydroxyl groups excluding tert-OH is 1. The molecule has 0 radical (unpaired) electrons. The Hall–Kier alpha value is -1.13. The second-order valence-electron chi connectivity index (χ2n) is 4.18. The van der Waals surface area contributed by atoms with Gasteiger partial charge in [0.15, 0.2) is 0 Å². The Balaban J connectivity index is 2.00. The maximum absolute atomic E-state index is 9.27. The van der Waals surface area contributed by atoms with Gasteiger partial charge in [0.25, 0.3) is 0 Å².